The smallest absolute Gasteiger partial charge is 0.161 e. The van der Waals surface area contributed by atoms with Gasteiger partial charge in [0.2, 0.25) is 0 Å². The zero-order chi connectivity index (χ0) is 16.2. The minimum atomic E-state index is -0.0710. The fraction of sp³-hybridized carbons (Fsp3) is 0.579. The summed E-state index contributed by atoms with van der Waals surface area (Å²) in [5, 5.41) is 18.0. The topological polar surface area (TPSA) is 66.0 Å². The number of fused-ring (bicyclic) bond motifs is 2. The van der Waals surface area contributed by atoms with Crippen molar-refractivity contribution in [2.75, 3.05) is 7.11 Å². The summed E-state index contributed by atoms with van der Waals surface area (Å²) < 4.78 is 11.7. The second-order valence-corrected chi connectivity index (χ2v) is 6.66. The standard InChI is InChI=1S/C19H22N2O2/c1-22-17-5-4-15(14(6-8-20)7-9-21)12-19(17)23-18-11-13-2-3-16(18)10-13/h4-5,12-14,16,18H,2-3,6-7,10-11H2,1H3. The minimum Gasteiger partial charge on any atom is -0.493 e. The van der Waals surface area contributed by atoms with Crippen molar-refractivity contribution in [3.05, 3.63) is 23.8 Å². The Kier molecular flexibility index (Phi) is 4.72. The minimum absolute atomic E-state index is 0.0710. The number of benzene rings is 1. The van der Waals surface area contributed by atoms with Crippen LogP contribution < -0.4 is 9.47 Å². The molecule has 3 unspecified atom stereocenters. The Hall–Kier alpha value is -2.20. The van der Waals surface area contributed by atoms with Gasteiger partial charge < -0.3 is 9.47 Å². The maximum absolute atomic E-state index is 8.98. The molecule has 3 atom stereocenters. The Morgan fingerprint density at radius 1 is 1.13 bits per heavy atom. The molecule has 4 nitrogen and oxygen atoms in total. The second kappa shape index (κ2) is 6.92. The molecule has 0 spiro atoms. The number of methoxy groups -OCH3 is 1. The summed E-state index contributed by atoms with van der Waals surface area (Å²) in [7, 11) is 1.64. The van der Waals surface area contributed by atoms with E-state index in [-0.39, 0.29) is 12.0 Å². The van der Waals surface area contributed by atoms with Crippen molar-refractivity contribution >= 4 is 0 Å². The van der Waals surface area contributed by atoms with Gasteiger partial charge in [-0.3, -0.25) is 0 Å². The lowest BCUT2D eigenvalue weighted by Crippen LogP contribution is -2.23. The second-order valence-electron chi connectivity index (χ2n) is 6.66. The van der Waals surface area contributed by atoms with Crippen LogP contribution in [0.3, 0.4) is 0 Å². The highest BCUT2D eigenvalue weighted by Crippen LogP contribution is 2.47. The molecule has 120 valence electrons. The maximum Gasteiger partial charge on any atom is 0.161 e. The van der Waals surface area contributed by atoms with Crippen LogP contribution in [-0.4, -0.2) is 13.2 Å². The molecule has 2 aliphatic carbocycles. The quantitative estimate of drug-likeness (QED) is 0.790. The first-order valence-corrected chi connectivity index (χ1v) is 8.33. The summed E-state index contributed by atoms with van der Waals surface area (Å²) in [5.41, 5.74) is 0.979. The monoisotopic (exact) mass is 310 g/mol. The predicted molar refractivity (Wildman–Crippen MR) is 86.1 cm³/mol. The van der Waals surface area contributed by atoms with Crippen molar-refractivity contribution in [2.45, 2.75) is 50.5 Å². The van der Waals surface area contributed by atoms with Crippen molar-refractivity contribution in [2.24, 2.45) is 11.8 Å². The molecular weight excluding hydrogens is 288 g/mol. The van der Waals surface area contributed by atoms with Gasteiger partial charge in [0, 0.05) is 18.8 Å². The number of nitrogens with zero attached hydrogens (tertiary/aromatic N) is 2. The third-order valence-electron chi connectivity index (χ3n) is 5.29. The van der Waals surface area contributed by atoms with E-state index in [2.05, 4.69) is 12.1 Å². The maximum atomic E-state index is 8.98. The lowest BCUT2D eigenvalue weighted by atomic mass is 9.93. The number of nitriles is 2. The largest absolute Gasteiger partial charge is 0.493 e. The van der Waals surface area contributed by atoms with E-state index in [1.807, 2.05) is 18.2 Å². The van der Waals surface area contributed by atoms with Crippen molar-refractivity contribution in [3.8, 4) is 23.6 Å². The highest BCUT2D eigenvalue weighted by Gasteiger charge is 2.41. The molecule has 0 N–H and O–H groups in total. The highest BCUT2D eigenvalue weighted by atomic mass is 16.5. The molecule has 0 aromatic heterocycles. The molecular formula is C19H22N2O2. The summed E-state index contributed by atoms with van der Waals surface area (Å²) in [6.07, 6.45) is 6.00. The Labute approximate surface area is 137 Å². The van der Waals surface area contributed by atoms with Gasteiger partial charge in [-0.15, -0.1) is 0 Å². The Balaban J connectivity index is 1.81. The van der Waals surface area contributed by atoms with Crippen LogP contribution in [0.5, 0.6) is 11.5 Å². The van der Waals surface area contributed by atoms with Crippen LogP contribution >= 0.6 is 0 Å². The first-order chi connectivity index (χ1) is 11.2. The fourth-order valence-corrected chi connectivity index (χ4v) is 4.06. The van der Waals surface area contributed by atoms with Gasteiger partial charge in [0.05, 0.1) is 19.2 Å². The molecule has 2 bridgehead atoms. The van der Waals surface area contributed by atoms with Crippen molar-refractivity contribution in [1.82, 2.24) is 0 Å². The number of hydrogen-bond donors (Lipinski definition) is 0. The average Bonchev–Trinajstić information content (AvgIpc) is 3.17. The van der Waals surface area contributed by atoms with Gasteiger partial charge in [0.15, 0.2) is 11.5 Å². The van der Waals surface area contributed by atoms with E-state index in [9.17, 15) is 0 Å². The summed E-state index contributed by atoms with van der Waals surface area (Å²) in [6, 6.07) is 10.1. The molecule has 1 aromatic carbocycles. The van der Waals surface area contributed by atoms with Crippen LogP contribution in [0.25, 0.3) is 0 Å². The summed E-state index contributed by atoms with van der Waals surface area (Å²) >= 11 is 0. The first kappa shape index (κ1) is 15.7. The Morgan fingerprint density at radius 2 is 1.91 bits per heavy atom. The Bertz CT molecular complexity index is 628. The van der Waals surface area contributed by atoms with E-state index >= 15 is 0 Å². The van der Waals surface area contributed by atoms with Crippen LogP contribution in [0.15, 0.2) is 18.2 Å². The fourth-order valence-electron chi connectivity index (χ4n) is 4.06. The molecule has 23 heavy (non-hydrogen) atoms. The summed E-state index contributed by atoms with van der Waals surface area (Å²) in [4.78, 5) is 0. The molecule has 2 aliphatic rings. The molecule has 0 heterocycles. The molecule has 3 rings (SSSR count). The summed E-state index contributed by atoms with van der Waals surface area (Å²) in [6.45, 7) is 0. The molecule has 1 aromatic rings. The van der Waals surface area contributed by atoms with Gasteiger partial charge >= 0.3 is 0 Å². The normalized spacial score (nSPS) is 25.1. The first-order valence-electron chi connectivity index (χ1n) is 8.33. The predicted octanol–water partition coefficient (Wildman–Crippen LogP) is 4.17. The van der Waals surface area contributed by atoms with Crippen LogP contribution in [0, 0.1) is 34.5 Å². The lowest BCUT2D eigenvalue weighted by molar-refractivity contribution is 0.133. The van der Waals surface area contributed by atoms with Crippen molar-refractivity contribution in [1.29, 1.82) is 10.5 Å². The van der Waals surface area contributed by atoms with Crippen molar-refractivity contribution < 1.29 is 9.47 Å². The Morgan fingerprint density at radius 3 is 2.48 bits per heavy atom. The molecule has 0 saturated heterocycles. The summed E-state index contributed by atoms with van der Waals surface area (Å²) in [5.74, 6) is 2.90. The molecule has 4 heteroatoms. The van der Waals surface area contributed by atoms with Crippen molar-refractivity contribution in [3.63, 3.8) is 0 Å². The zero-order valence-electron chi connectivity index (χ0n) is 13.5. The lowest BCUT2D eigenvalue weighted by Gasteiger charge is -2.25. The van der Waals surface area contributed by atoms with Gasteiger partial charge in [-0.05, 0) is 55.2 Å². The molecule has 2 fully saturated rings. The molecule has 0 radical (unpaired) electrons. The van der Waals surface area contributed by atoms with E-state index in [0.29, 0.717) is 18.8 Å². The van der Waals surface area contributed by atoms with E-state index in [1.165, 1.54) is 19.3 Å². The van der Waals surface area contributed by atoms with E-state index in [0.717, 1.165) is 29.4 Å². The highest BCUT2D eigenvalue weighted by molar-refractivity contribution is 5.44. The van der Waals surface area contributed by atoms with Gasteiger partial charge in [0.1, 0.15) is 6.10 Å². The van der Waals surface area contributed by atoms with Gasteiger partial charge in [-0.25, -0.2) is 0 Å². The van der Waals surface area contributed by atoms with Gasteiger partial charge in [-0.1, -0.05) is 6.07 Å². The van der Waals surface area contributed by atoms with Gasteiger partial charge in [0.25, 0.3) is 0 Å². The SMILES string of the molecule is COc1ccc(C(CC#N)CC#N)cc1OC1CC2CCC1C2. The number of rotatable bonds is 6. The van der Waals surface area contributed by atoms with E-state index in [1.54, 1.807) is 7.11 Å². The van der Waals surface area contributed by atoms with Crippen LogP contribution in [0.1, 0.15) is 50.0 Å². The third-order valence-corrected chi connectivity index (χ3v) is 5.29. The number of ether oxygens (including phenoxy) is 2. The third kappa shape index (κ3) is 3.27. The molecule has 0 aliphatic heterocycles. The molecule has 0 amide bonds. The number of hydrogen-bond acceptors (Lipinski definition) is 4. The zero-order valence-corrected chi connectivity index (χ0v) is 13.5. The molecule has 2 saturated carbocycles. The average molecular weight is 310 g/mol. The van der Waals surface area contributed by atoms with Crippen LogP contribution in [-0.2, 0) is 0 Å². The van der Waals surface area contributed by atoms with E-state index in [4.69, 9.17) is 20.0 Å². The van der Waals surface area contributed by atoms with Gasteiger partial charge in [-0.2, -0.15) is 10.5 Å². The van der Waals surface area contributed by atoms with E-state index < -0.39 is 0 Å². The van der Waals surface area contributed by atoms with Crippen LogP contribution in [0.4, 0.5) is 0 Å². The van der Waals surface area contributed by atoms with Crippen LogP contribution in [0.2, 0.25) is 0 Å².